The normalized spacial score (nSPS) is 23.5. The number of carboxylic acid groups (broad SMARTS) is 1. The smallest absolute Gasteiger partial charge is 0.341 e. The van der Waals surface area contributed by atoms with Crippen molar-refractivity contribution < 1.29 is 29.0 Å². The number of fused-ring (bicyclic) bond motifs is 3. The number of anilines is 1. The Morgan fingerprint density at radius 3 is 2.55 bits per heavy atom. The topological polar surface area (TPSA) is 102 Å². The molecular formula is C25H23NO6S. The second-order valence-corrected chi connectivity index (χ2v) is 9.15. The molecule has 3 aromatic rings. The van der Waals surface area contributed by atoms with Crippen molar-refractivity contribution in [1.29, 1.82) is 0 Å². The van der Waals surface area contributed by atoms with Crippen LogP contribution in [0, 0.1) is 11.8 Å². The SMILES string of the molecule is CCOC(=O)c1c(-c2cccc3ccccc23)csc1NC(=O)[C@@H]1[C@@H](C(=O)O)[C@H]2CC[C@@H]1O2. The van der Waals surface area contributed by atoms with Gasteiger partial charge < -0.3 is 19.9 Å². The molecule has 2 saturated heterocycles. The molecule has 2 aliphatic rings. The number of hydrogen-bond donors (Lipinski definition) is 2. The maximum atomic E-state index is 13.2. The Morgan fingerprint density at radius 1 is 1.06 bits per heavy atom. The van der Waals surface area contributed by atoms with Gasteiger partial charge in [0, 0.05) is 10.9 Å². The molecule has 0 spiro atoms. The molecule has 1 amide bonds. The second kappa shape index (κ2) is 8.61. The first-order valence-electron chi connectivity index (χ1n) is 11.0. The van der Waals surface area contributed by atoms with Crippen LogP contribution < -0.4 is 5.32 Å². The fraction of sp³-hybridized carbons (Fsp3) is 0.320. The molecule has 2 aliphatic heterocycles. The summed E-state index contributed by atoms with van der Waals surface area (Å²) in [6.45, 7) is 1.92. The van der Waals surface area contributed by atoms with E-state index in [2.05, 4.69) is 5.32 Å². The number of ether oxygens (including phenoxy) is 2. The first-order chi connectivity index (χ1) is 16.0. The molecule has 2 bridgehead atoms. The number of esters is 1. The van der Waals surface area contributed by atoms with E-state index in [-0.39, 0.29) is 12.2 Å². The van der Waals surface area contributed by atoms with E-state index in [4.69, 9.17) is 9.47 Å². The van der Waals surface area contributed by atoms with Crippen LogP contribution in [0.2, 0.25) is 0 Å². The Bertz CT molecular complexity index is 1250. The van der Waals surface area contributed by atoms with Gasteiger partial charge in [-0.05, 0) is 36.1 Å². The van der Waals surface area contributed by atoms with Gasteiger partial charge in [0.25, 0.3) is 0 Å². The molecular weight excluding hydrogens is 442 g/mol. The van der Waals surface area contributed by atoms with Crippen LogP contribution in [0.25, 0.3) is 21.9 Å². The van der Waals surface area contributed by atoms with Crippen LogP contribution in [0.5, 0.6) is 0 Å². The lowest BCUT2D eigenvalue weighted by atomic mass is 9.78. The second-order valence-electron chi connectivity index (χ2n) is 8.27. The minimum Gasteiger partial charge on any atom is -0.481 e. The lowest BCUT2D eigenvalue weighted by Gasteiger charge is -2.23. The van der Waals surface area contributed by atoms with Crippen LogP contribution >= 0.6 is 11.3 Å². The number of rotatable bonds is 6. The monoisotopic (exact) mass is 465 g/mol. The summed E-state index contributed by atoms with van der Waals surface area (Å²) in [4.78, 5) is 38.0. The van der Waals surface area contributed by atoms with Crippen molar-refractivity contribution in [3.05, 3.63) is 53.4 Å². The summed E-state index contributed by atoms with van der Waals surface area (Å²) in [5, 5.41) is 16.7. The van der Waals surface area contributed by atoms with E-state index < -0.39 is 41.9 Å². The quantitative estimate of drug-likeness (QED) is 0.518. The molecule has 7 nitrogen and oxygen atoms in total. The molecule has 2 N–H and O–H groups in total. The fourth-order valence-corrected chi connectivity index (χ4v) is 5.99. The van der Waals surface area contributed by atoms with Gasteiger partial charge >= 0.3 is 11.9 Å². The van der Waals surface area contributed by atoms with Crippen molar-refractivity contribution in [2.75, 3.05) is 11.9 Å². The van der Waals surface area contributed by atoms with Gasteiger partial charge in [-0.2, -0.15) is 0 Å². The molecule has 0 aliphatic carbocycles. The molecule has 2 aromatic carbocycles. The van der Waals surface area contributed by atoms with E-state index in [0.29, 0.717) is 23.4 Å². The van der Waals surface area contributed by atoms with Crippen molar-refractivity contribution in [3.8, 4) is 11.1 Å². The molecule has 1 aromatic heterocycles. The third-order valence-electron chi connectivity index (χ3n) is 6.45. The molecule has 4 atom stereocenters. The summed E-state index contributed by atoms with van der Waals surface area (Å²) < 4.78 is 11.0. The largest absolute Gasteiger partial charge is 0.481 e. The van der Waals surface area contributed by atoms with E-state index in [1.54, 1.807) is 6.92 Å². The maximum absolute atomic E-state index is 13.2. The third-order valence-corrected chi connectivity index (χ3v) is 7.34. The first-order valence-corrected chi connectivity index (χ1v) is 11.8. The van der Waals surface area contributed by atoms with E-state index in [1.165, 1.54) is 11.3 Å². The molecule has 0 radical (unpaired) electrons. The minimum absolute atomic E-state index is 0.193. The van der Waals surface area contributed by atoms with Gasteiger partial charge in [-0.15, -0.1) is 11.3 Å². The molecule has 2 fully saturated rings. The molecule has 5 rings (SSSR count). The van der Waals surface area contributed by atoms with Gasteiger partial charge in [0.05, 0.1) is 30.7 Å². The number of aliphatic carboxylic acids is 1. The maximum Gasteiger partial charge on any atom is 0.341 e. The number of carboxylic acids is 1. The Balaban J connectivity index is 1.53. The average Bonchev–Trinajstić information content (AvgIpc) is 3.53. The highest BCUT2D eigenvalue weighted by molar-refractivity contribution is 7.15. The Hall–Kier alpha value is -3.23. The van der Waals surface area contributed by atoms with Gasteiger partial charge in [0.15, 0.2) is 0 Å². The van der Waals surface area contributed by atoms with Gasteiger partial charge in [-0.25, -0.2) is 4.79 Å². The van der Waals surface area contributed by atoms with Gasteiger partial charge in [-0.1, -0.05) is 42.5 Å². The van der Waals surface area contributed by atoms with Crippen LogP contribution in [0.4, 0.5) is 5.00 Å². The van der Waals surface area contributed by atoms with Crippen molar-refractivity contribution in [3.63, 3.8) is 0 Å². The lowest BCUT2D eigenvalue weighted by Crippen LogP contribution is -2.41. The molecule has 0 unspecified atom stereocenters. The average molecular weight is 466 g/mol. The number of carbonyl (C=O) groups excluding carboxylic acids is 2. The van der Waals surface area contributed by atoms with Crippen molar-refractivity contribution in [2.45, 2.75) is 32.0 Å². The van der Waals surface area contributed by atoms with Crippen LogP contribution in [0.1, 0.15) is 30.1 Å². The highest BCUT2D eigenvalue weighted by atomic mass is 32.1. The van der Waals surface area contributed by atoms with E-state index in [0.717, 1.165) is 16.3 Å². The summed E-state index contributed by atoms with van der Waals surface area (Å²) in [6.07, 6.45) is 0.439. The Morgan fingerprint density at radius 2 is 1.79 bits per heavy atom. The first kappa shape index (κ1) is 21.6. The number of carbonyl (C=O) groups is 3. The van der Waals surface area contributed by atoms with Gasteiger partial charge in [0.2, 0.25) is 5.91 Å². The highest BCUT2D eigenvalue weighted by Crippen LogP contribution is 2.45. The van der Waals surface area contributed by atoms with Gasteiger partial charge in [0.1, 0.15) is 10.6 Å². The lowest BCUT2D eigenvalue weighted by molar-refractivity contribution is -0.147. The van der Waals surface area contributed by atoms with E-state index in [1.807, 2.05) is 47.8 Å². The number of hydrogen-bond acceptors (Lipinski definition) is 6. The Kier molecular flexibility index (Phi) is 5.64. The standard InChI is InChI=1S/C25H23NO6S/c1-2-31-25(30)19-16(15-9-5-7-13-6-3-4-8-14(13)15)12-33-23(19)26-22(27)20-17-10-11-18(32-17)21(20)24(28)29/h3-9,12,17-18,20-21H,2,10-11H2,1H3,(H,26,27)(H,28,29)/t17-,18+,20-,21-/m0/s1. The molecule has 8 heteroatoms. The summed E-state index contributed by atoms with van der Waals surface area (Å²) >= 11 is 1.23. The summed E-state index contributed by atoms with van der Waals surface area (Å²) in [5.74, 6) is -3.68. The zero-order valence-corrected chi connectivity index (χ0v) is 18.8. The molecule has 0 saturated carbocycles. The van der Waals surface area contributed by atoms with Crippen LogP contribution in [0.15, 0.2) is 47.8 Å². The summed E-state index contributed by atoms with van der Waals surface area (Å²) in [6, 6.07) is 13.7. The summed E-state index contributed by atoms with van der Waals surface area (Å²) in [5.41, 5.74) is 1.81. The van der Waals surface area contributed by atoms with Gasteiger partial charge in [-0.3, -0.25) is 9.59 Å². The zero-order valence-electron chi connectivity index (χ0n) is 17.9. The summed E-state index contributed by atoms with van der Waals surface area (Å²) in [7, 11) is 0. The molecule has 170 valence electrons. The fourth-order valence-electron chi connectivity index (χ4n) is 5.03. The van der Waals surface area contributed by atoms with Crippen LogP contribution in [-0.4, -0.2) is 41.8 Å². The number of benzene rings is 2. The zero-order chi connectivity index (χ0) is 23.1. The number of nitrogens with one attached hydrogen (secondary N) is 1. The Labute approximate surface area is 194 Å². The van der Waals surface area contributed by atoms with E-state index in [9.17, 15) is 19.5 Å². The number of amides is 1. The number of thiophene rings is 1. The van der Waals surface area contributed by atoms with Crippen LogP contribution in [0.3, 0.4) is 0 Å². The molecule has 33 heavy (non-hydrogen) atoms. The predicted octanol–water partition coefficient (Wildman–Crippen LogP) is 4.56. The molecule has 3 heterocycles. The minimum atomic E-state index is -1.03. The van der Waals surface area contributed by atoms with Crippen molar-refractivity contribution in [1.82, 2.24) is 0 Å². The van der Waals surface area contributed by atoms with Crippen molar-refractivity contribution >= 4 is 45.0 Å². The van der Waals surface area contributed by atoms with Crippen molar-refractivity contribution in [2.24, 2.45) is 11.8 Å². The predicted molar refractivity (Wildman–Crippen MR) is 124 cm³/mol. The highest BCUT2D eigenvalue weighted by Gasteiger charge is 2.55. The third kappa shape index (κ3) is 3.69. The van der Waals surface area contributed by atoms with E-state index >= 15 is 0 Å². The van der Waals surface area contributed by atoms with Crippen LogP contribution in [-0.2, 0) is 19.1 Å².